The summed E-state index contributed by atoms with van der Waals surface area (Å²) >= 11 is 0. The number of benzene rings is 8. The fraction of sp³-hybridized carbons (Fsp3) is 0.231. The van der Waals surface area contributed by atoms with Crippen LogP contribution in [0.3, 0.4) is 0 Å². The lowest BCUT2D eigenvalue weighted by molar-refractivity contribution is -0.0691. The average molecular weight is 1130 g/mol. The van der Waals surface area contributed by atoms with Crippen LogP contribution in [0.1, 0.15) is 174 Å². The minimum Gasteiger partial charge on any atom is -0.462 e. The fourth-order valence-corrected chi connectivity index (χ4v) is 13.7. The van der Waals surface area contributed by atoms with E-state index in [0.717, 1.165) is 83.0 Å². The highest BCUT2D eigenvalue weighted by Crippen LogP contribution is 2.74. The second-order valence-electron chi connectivity index (χ2n) is 22.7. The Kier molecular flexibility index (Phi) is 16.8. The van der Waals surface area contributed by atoms with Crippen molar-refractivity contribution in [3.8, 4) is 47.4 Å². The van der Waals surface area contributed by atoms with E-state index in [9.17, 15) is 19.2 Å². The van der Waals surface area contributed by atoms with Crippen molar-refractivity contribution in [3.05, 3.63) is 283 Å². The van der Waals surface area contributed by atoms with Gasteiger partial charge in [-0.25, -0.2) is 19.2 Å². The van der Waals surface area contributed by atoms with Gasteiger partial charge < -0.3 is 18.9 Å². The molecular formula is C78H64O8. The normalized spacial score (nSPS) is 19.3. The van der Waals surface area contributed by atoms with Crippen LogP contribution in [0.25, 0.3) is 0 Å². The molecule has 4 saturated carbocycles. The summed E-state index contributed by atoms with van der Waals surface area (Å²) < 4.78 is 20.8. The molecule has 0 radical (unpaired) electrons. The number of hydrogen-bond acceptors (Lipinski definition) is 8. The number of rotatable bonds is 12. The highest BCUT2D eigenvalue weighted by molar-refractivity contribution is 5.91. The molecule has 86 heavy (non-hydrogen) atoms. The summed E-state index contributed by atoms with van der Waals surface area (Å²) in [5.41, 5.74) is 13.0. The van der Waals surface area contributed by atoms with Crippen LogP contribution < -0.4 is 0 Å². The molecule has 0 N–H and O–H groups in total. The van der Waals surface area contributed by atoms with Crippen LogP contribution in [0.15, 0.2) is 194 Å². The third-order valence-electron chi connectivity index (χ3n) is 17.0. The van der Waals surface area contributed by atoms with Crippen LogP contribution in [-0.2, 0) is 40.6 Å². The molecule has 8 nitrogen and oxygen atoms in total. The Morgan fingerprint density at radius 2 is 0.395 bits per heavy atom. The van der Waals surface area contributed by atoms with E-state index in [2.05, 4.69) is 144 Å². The van der Waals surface area contributed by atoms with Gasteiger partial charge in [-0.15, -0.1) is 0 Å². The largest absolute Gasteiger partial charge is 0.462 e. The molecule has 0 aromatic heterocycles. The first-order valence-electron chi connectivity index (χ1n) is 29.4. The number of hydrogen-bond donors (Lipinski definition) is 0. The van der Waals surface area contributed by atoms with Gasteiger partial charge in [0.05, 0.1) is 48.7 Å². The quantitative estimate of drug-likeness (QED) is 0.0677. The molecule has 4 aliphatic carbocycles. The van der Waals surface area contributed by atoms with Crippen LogP contribution in [0.4, 0.5) is 0 Å². The van der Waals surface area contributed by atoms with Gasteiger partial charge in [0.25, 0.3) is 0 Å². The van der Waals surface area contributed by atoms with Crippen molar-refractivity contribution in [1.82, 2.24) is 0 Å². The Morgan fingerprint density at radius 1 is 0.256 bits per heavy atom. The minimum absolute atomic E-state index is 0.250. The summed E-state index contributed by atoms with van der Waals surface area (Å²) in [7, 11) is 0. The van der Waals surface area contributed by atoms with E-state index in [1.54, 1.807) is 76.2 Å². The van der Waals surface area contributed by atoms with Crippen LogP contribution >= 0.6 is 0 Å². The highest BCUT2D eigenvalue weighted by Gasteiger charge is 2.69. The van der Waals surface area contributed by atoms with Crippen molar-refractivity contribution >= 4 is 23.9 Å². The molecule has 0 saturated heterocycles. The van der Waals surface area contributed by atoms with Gasteiger partial charge in [0.2, 0.25) is 0 Å². The number of carbonyl (C=O) groups is 4. The molecule has 8 aromatic carbocycles. The van der Waals surface area contributed by atoms with Crippen LogP contribution in [-0.4, -0.2) is 50.3 Å². The fourth-order valence-electron chi connectivity index (χ4n) is 13.7. The Morgan fingerprint density at radius 3 is 0.535 bits per heavy atom. The zero-order chi connectivity index (χ0) is 59.7. The van der Waals surface area contributed by atoms with Crippen molar-refractivity contribution in [2.45, 2.75) is 87.9 Å². The first kappa shape index (κ1) is 57.7. The maximum absolute atomic E-state index is 12.4. The third-order valence-corrected chi connectivity index (χ3v) is 17.0. The molecule has 0 unspecified atom stereocenters. The van der Waals surface area contributed by atoms with E-state index in [-0.39, 0.29) is 45.5 Å². The highest BCUT2D eigenvalue weighted by atomic mass is 16.5. The summed E-state index contributed by atoms with van der Waals surface area (Å²) in [6, 6.07) is 64.6. The van der Waals surface area contributed by atoms with Crippen molar-refractivity contribution in [1.29, 1.82) is 0 Å². The van der Waals surface area contributed by atoms with E-state index in [1.807, 2.05) is 48.5 Å². The van der Waals surface area contributed by atoms with E-state index in [0.29, 0.717) is 48.7 Å². The van der Waals surface area contributed by atoms with Crippen molar-refractivity contribution < 1.29 is 38.1 Å². The lowest BCUT2D eigenvalue weighted by atomic mass is 9.32. The van der Waals surface area contributed by atoms with Gasteiger partial charge in [0.15, 0.2) is 0 Å². The zero-order valence-corrected chi connectivity index (χ0v) is 48.8. The topological polar surface area (TPSA) is 105 Å². The van der Waals surface area contributed by atoms with Gasteiger partial charge in [-0.3, -0.25) is 0 Å². The molecule has 0 aliphatic heterocycles. The summed E-state index contributed by atoms with van der Waals surface area (Å²) in [5.74, 6) is 25.4. The molecule has 8 aromatic rings. The molecule has 0 heterocycles. The molecule has 4 aliphatic rings. The van der Waals surface area contributed by atoms with Gasteiger partial charge >= 0.3 is 23.9 Å². The summed E-state index contributed by atoms with van der Waals surface area (Å²) in [4.78, 5) is 49.4. The lowest BCUT2D eigenvalue weighted by Crippen LogP contribution is -2.67. The van der Waals surface area contributed by atoms with Crippen molar-refractivity contribution in [3.63, 3.8) is 0 Å². The smallest absolute Gasteiger partial charge is 0.338 e. The van der Waals surface area contributed by atoms with Crippen molar-refractivity contribution in [2.24, 2.45) is 0 Å². The summed E-state index contributed by atoms with van der Waals surface area (Å²) in [5, 5.41) is 0. The first-order valence-corrected chi connectivity index (χ1v) is 29.4. The SMILES string of the molecule is CCOC(=O)c1ccc(C#Cc2ccc(C34CC5(c6ccc(C#Cc7ccc(C(=O)OCC)cc7)cc6)CC(c6ccc(C#Cc7ccc(C(=O)OCC)cc7)cc6)(C3)CC(c3ccc(C#Cc6ccc(C(=O)OCC)cc6)cc3)(C4)C5)cc2)cc1. The molecule has 424 valence electrons. The minimum atomic E-state index is -0.352. The van der Waals surface area contributed by atoms with Gasteiger partial charge in [-0.05, 0) is 256 Å². The summed E-state index contributed by atoms with van der Waals surface area (Å²) in [6.45, 7) is 8.43. The molecule has 12 rings (SSSR count). The summed E-state index contributed by atoms with van der Waals surface area (Å²) in [6.07, 6.45) is 5.73. The van der Waals surface area contributed by atoms with Crippen LogP contribution in [0.2, 0.25) is 0 Å². The number of esters is 4. The molecular weight excluding hydrogens is 1060 g/mol. The van der Waals surface area contributed by atoms with Gasteiger partial charge in [-0.2, -0.15) is 0 Å². The second kappa shape index (κ2) is 25.0. The Labute approximate surface area is 504 Å². The Bertz CT molecular complexity index is 3510. The van der Waals surface area contributed by atoms with E-state index < -0.39 is 0 Å². The molecule has 0 spiro atoms. The number of carbonyl (C=O) groups excluding carboxylic acids is 4. The Hall–Kier alpha value is -10.1. The number of ether oxygens (including phenoxy) is 4. The first-order chi connectivity index (χ1) is 41.8. The monoisotopic (exact) mass is 1130 g/mol. The lowest BCUT2D eigenvalue weighted by Gasteiger charge is -2.71. The maximum atomic E-state index is 12.4. The van der Waals surface area contributed by atoms with Crippen LogP contribution in [0, 0.1) is 47.4 Å². The second-order valence-corrected chi connectivity index (χ2v) is 22.7. The maximum Gasteiger partial charge on any atom is 0.338 e. The van der Waals surface area contributed by atoms with Crippen molar-refractivity contribution in [2.75, 3.05) is 26.4 Å². The molecule has 0 amide bonds. The standard InChI is InChI=1S/C78H64O8/c1-5-83-71(79)63-33-17-55(18-34-63)9-13-59-25-41-67(42-26-59)75-49-76(68-43-27-60(28-44-68)14-10-56-19-35-64(36-20-56)72(80)84-6-2)52-77(50-75,69-45-29-61(30-46-69)15-11-57-21-37-65(38-22-57)73(81)85-7-3)54-78(51-75,53-76)70-47-31-62(32-48-70)16-12-58-23-39-66(40-24-58)74(82)86-8-4/h17-48H,5-8,49-54H2,1-4H3. The molecule has 4 bridgehead atoms. The van der Waals surface area contributed by atoms with Gasteiger partial charge in [-0.1, -0.05) is 95.9 Å². The Balaban J connectivity index is 0.983. The van der Waals surface area contributed by atoms with Gasteiger partial charge in [0, 0.05) is 44.5 Å². The van der Waals surface area contributed by atoms with E-state index in [1.165, 1.54) is 22.3 Å². The third kappa shape index (κ3) is 12.4. The average Bonchev–Trinajstić information content (AvgIpc) is 0.699. The van der Waals surface area contributed by atoms with E-state index >= 15 is 0 Å². The molecule has 8 heteroatoms. The van der Waals surface area contributed by atoms with Gasteiger partial charge in [0.1, 0.15) is 0 Å². The van der Waals surface area contributed by atoms with Crippen LogP contribution in [0.5, 0.6) is 0 Å². The molecule has 0 atom stereocenters. The zero-order valence-electron chi connectivity index (χ0n) is 48.8. The predicted octanol–water partition coefficient (Wildman–Crippen LogP) is 14.4. The van der Waals surface area contributed by atoms with E-state index in [4.69, 9.17) is 18.9 Å². The molecule has 4 fully saturated rings. The predicted molar refractivity (Wildman–Crippen MR) is 334 cm³/mol.